The number of fused-ring (bicyclic) bond motifs is 1. The van der Waals surface area contributed by atoms with Gasteiger partial charge in [0.25, 0.3) is 0 Å². The SMILES string of the molecule is Oc1ccc2c(c1)CCC2NCCCOCC1CCCO1. The Balaban J connectivity index is 1.32. The zero-order valence-corrected chi connectivity index (χ0v) is 12.5. The number of nitrogens with one attached hydrogen (secondary N) is 1. The fourth-order valence-corrected chi connectivity index (χ4v) is 3.26. The van der Waals surface area contributed by atoms with Gasteiger partial charge in [-0.3, -0.25) is 0 Å². The Morgan fingerprint density at radius 1 is 1.33 bits per heavy atom. The third kappa shape index (κ3) is 3.96. The molecule has 2 aliphatic rings. The number of aryl methyl sites for hydroxylation is 1. The quantitative estimate of drug-likeness (QED) is 0.758. The molecule has 1 saturated heterocycles. The van der Waals surface area contributed by atoms with Crippen molar-refractivity contribution in [2.75, 3.05) is 26.4 Å². The lowest BCUT2D eigenvalue weighted by atomic mass is 10.1. The van der Waals surface area contributed by atoms with Crippen LogP contribution in [-0.2, 0) is 15.9 Å². The van der Waals surface area contributed by atoms with Crippen LogP contribution in [0.4, 0.5) is 0 Å². The Kier molecular flexibility index (Phi) is 5.12. The first-order chi connectivity index (χ1) is 10.3. The van der Waals surface area contributed by atoms with Crippen LogP contribution < -0.4 is 5.32 Å². The predicted octanol–water partition coefficient (Wildman–Crippen LogP) is 2.55. The minimum atomic E-state index is 0.326. The molecule has 1 aliphatic carbocycles. The molecule has 21 heavy (non-hydrogen) atoms. The molecule has 0 saturated carbocycles. The summed E-state index contributed by atoms with van der Waals surface area (Å²) in [5, 5.41) is 13.1. The Labute approximate surface area is 126 Å². The molecule has 1 aromatic rings. The van der Waals surface area contributed by atoms with Crippen molar-refractivity contribution >= 4 is 0 Å². The average Bonchev–Trinajstić information content (AvgIpc) is 3.12. The molecule has 1 aliphatic heterocycles. The standard InChI is InChI=1S/C17H25NO3/c19-14-5-6-16-13(11-14)4-7-17(16)18-8-2-9-20-12-15-3-1-10-21-15/h5-6,11,15,17-19H,1-4,7-10,12H2. The highest BCUT2D eigenvalue weighted by molar-refractivity contribution is 5.39. The summed E-state index contributed by atoms with van der Waals surface area (Å²) >= 11 is 0. The molecule has 4 nitrogen and oxygen atoms in total. The maximum Gasteiger partial charge on any atom is 0.115 e. The van der Waals surface area contributed by atoms with Crippen LogP contribution in [0.1, 0.15) is 42.9 Å². The lowest BCUT2D eigenvalue weighted by Crippen LogP contribution is -2.22. The third-order valence-electron chi connectivity index (χ3n) is 4.39. The van der Waals surface area contributed by atoms with E-state index < -0.39 is 0 Å². The first kappa shape index (κ1) is 14.8. The maximum absolute atomic E-state index is 9.50. The molecule has 3 rings (SSSR count). The fourth-order valence-electron chi connectivity index (χ4n) is 3.26. The molecule has 0 aromatic heterocycles. The van der Waals surface area contributed by atoms with Crippen LogP contribution in [0.5, 0.6) is 5.75 Å². The van der Waals surface area contributed by atoms with E-state index in [4.69, 9.17) is 9.47 Å². The second-order valence-corrected chi connectivity index (χ2v) is 5.99. The first-order valence-corrected chi connectivity index (χ1v) is 8.07. The van der Waals surface area contributed by atoms with E-state index >= 15 is 0 Å². The summed E-state index contributed by atoms with van der Waals surface area (Å²) in [6, 6.07) is 6.15. The van der Waals surface area contributed by atoms with Gasteiger partial charge in [-0.05, 0) is 61.9 Å². The van der Waals surface area contributed by atoms with E-state index in [2.05, 4.69) is 5.32 Å². The number of aromatic hydroxyl groups is 1. The molecule has 2 atom stereocenters. The lowest BCUT2D eigenvalue weighted by molar-refractivity contribution is 0.0165. The van der Waals surface area contributed by atoms with Crippen molar-refractivity contribution in [1.82, 2.24) is 5.32 Å². The van der Waals surface area contributed by atoms with Gasteiger partial charge in [0.05, 0.1) is 12.7 Å². The summed E-state index contributed by atoms with van der Waals surface area (Å²) in [5.41, 5.74) is 2.62. The second kappa shape index (κ2) is 7.25. The molecular weight excluding hydrogens is 266 g/mol. The number of ether oxygens (including phenoxy) is 2. The van der Waals surface area contributed by atoms with Crippen LogP contribution in [0.25, 0.3) is 0 Å². The smallest absolute Gasteiger partial charge is 0.115 e. The monoisotopic (exact) mass is 291 g/mol. The van der Waals surface area contributed by atoms with Gasteiger partial charge >= 0.3 is 0 Å². The molecule has 2 unspecified atom stereocenters. The normalized spacial score (nSPS) is 24.4. The molecule has 1 fully saturated rings. The molecule has 1 aromatic carbocycles. The summed E-state index contributed by atoms with van der Waals surface area (Å²) in [7, 11) is 0. The fraction of sp³-hybridized carbons (Fsp3) is 0.647. The van der Waals surface area contributed by atoms with Gasteiger partial charge in [-0.1, -0.05) is 6.07 Å². The van der Waals surface area contributed by atoms with Crippen LogP contribution in [0, 0.1) is 0 Å². The summed E-state index contributed by atoms with van der Waals surface area (Å²) in [6.07, 6.45) is 5.84. The summed E-state index contributed by atoms with van der Waals surface area (Å²) in [5.74, 6) is 0.372. The second-order valence-electron chi connectivity index (χ2n) is 5.99. The van der Waals surface area contributed by atoms with E-state index in [0.29, 0.717) is 17.9 Å². The predicted molar refractivity (Wildman–Crippen MR) is 81.6 cm³/mol. The highest BCUT2D eigenvalue weighted by Gasteiger charge is 2.21. The van der Waals surface area contributed by atoms with Crippen LogP contribution in [0.15, 0.2) is 18.2 Å². The van der Waals surface area contributed by atoms with Gasteiger partial charge in [0.2, 0.25) is 0 Å². The van der Waals surface area contributed by atoms with E-state index in [9.17, 15) is 5.11 Å². The van der Waals surface area contributed by atoms with Crippen molar-refractivity contribution in [3.05, 3.63) is 29.3 Å². The highest BCUT2D eigenvalue weighted by atomic mass is 16.5. The van der Waals surface area contributed by atoms with Crippen molar-refractivity contribution in [1.29, 1.82) is 0 Å². The Morgan fingerprint density at radius 2 is 2.29 bits per heavy atom. The van der Waals surface area contributed by atoms with E-state index in [0.717, 1.165) is 52.0 Å². The zero-order chi connectivity index (χ0) is 14.5. The number of hydrogen-bond donors (Lipinski definition) is 2. The van der Waals surface area contributed by atoms with Gasteiger partial charge in [0, 0.05) is 19.3 Å². The first-order valence-electron chi connectivity index (χ1n) is 8.07. The van der Waals surface area contributed by atoms with E-state index in [1.165, 1.54) is 17.5 Å². The number of phenols is 1. The van der Waals surface area contributed by atoms with Gasteiger partial charge in [-0.25, -0.2) is 0 Å². The molecular formula is C17H25NO3. The largest absolute Gasteiger partial charge is 0.508 e. The van der Waals surface area contributed by atoms with Gasteiger partial charge < -0.3 is 19.9 Å². The third-order valence-corrected chi connectivity index (χ3v) is 4.39. The van der Waals surface area contributed by atoms with Crippen LogP contribution in [0.2, 0.25) is 0 Å². The number of benzene rings is 1. The van der Waals surface area contributed by atoms with Gasteiger partial charge in [-0.2, -0.15) is 0 Å². The topological polar surface area (TPSA) is 50.7 Å². The maximum atomic E-state index is 9.50. The highest BCUT2D eigenvalue weighted by Crippen LogP contribution is 2.33. The summed E-state index contributed by atoms with van der Waals surface area (Å²) in [4.78, 5) is 0. The number of hydrogen-bond acceptors (Lipinski definition) is 4. The van der Waals surface area contributed by atoms with Crippen LogP contribution >= 0.6 is 0 Å². The molecule has 116 valence electrons. The molecule has 0 amide bonds. The van der Waals surface area contributed by atoms with Crippen molar-refractivity contribution in [2.24, 2.45) is 0 Å². The van der Waals surface area contributed by atoms with Crippen molar-refractivity contribution in [2.45, 2.75) is 44.2 Å². The average molecular weight is 291 g/mol. The molecule has 0 spiro atoms. The Morgan fingerprint density at radius 3 is 3.14 bits per heavy atom. The minimum absolute atomic E-state index is 0.326. The van der Waals surface area contributed by atoms with Gasteiger partial charge in [0.15, 0.2) is 0 Å². The van der Waals surface area contributed by atoms with E-state index in [1.54, 1.807) is 6.07 Å². The zero-order valence-electron chi connectivity index (χ0n) is 12.5. The minimum Gasteiger partial charge on any atom is -0.508 e. The van der Waals surface area contributed by atoms with Crippen molar-refractivity contribution < 1.29 is 14.6 Å². The molecule has 4 heteroatoms. The molecule has 0 bridgehead atoms. The molecule has 1 heterocycles. The summed E-state index contributed by atoms with van der Waals surface area (Å²) < 4.78 is 11.2. The molecule has 2 N–H and O–H groups in total. The van der Waals surface area contributed by atoms with Gasteiger partial charge in [0.1, 0.15) is 5.75 Å². The Bertz CT molecular complexity index is 457. The van der Waals surface area contributed by atoms with Crippen molar-refractivity contribution in [3.63, 3.8) is 0 Å². The number of rotatable bonds is 7. The summed E-state index contributed by atoms with van der Waals surface area (Å²) in [6.45, 7) is 3.40. The molecule has 0 radical (unpaired) electrons. The number of phenolic OH excluding ortho intramolecular Hbond substituents is 1. The van der Waals surface area contributed by atoms with Crippen LogP contribution in [0.3, 0.4) is 0 Å². The van der Waals surface area contributed by atoms with Crippen molar-refractivity contribution in [3.8, 4) is 5.75 Å². The van der Waals surface area contributed by atoms with E-state index in [1.807, 2.05) is 12.1 Å². The van der Waals surface area contributed by atoms with E-state index in [-0.39, 0.29) is 0 Å². The van der Waals surface area contributed by atoms with Gasteiger partial charge in [-0.15, -0.1) is 0 Å². The lowest BCUT2D eigenvalue weighted by Gasteiger charge is -2.14. The Hall–Kier alpha value is -1.10. The van der Waals surface area contributed by atoms with Crippen LogP contribution in [-0.4, -0.2) is 37.6 Å².